The fourth-order valence-electron chi connectivity index (χ4n) is 0.845. The van der Waals surface area contributed by atoms with Crippen LogP contribution in [-0.2, 0) is 4.79 Å². The number of carboxylic acid groups (broad SMARTS) is 1. The predicted molar refractivity (Wildman–Crippen MR) is 28.6 cm³/mol. The molecule has 46 valence electrons. The van der Waals surface area contributed by atoms with E-state index in [0.29, 0.717) is 6.04 Å². The Hall–Kier alpha value is -0.570. The van der Waals surface area contributed by atoms with Crippen molar-refractivity contribution in [3.8, 4) is 0 Å². The second-order valence-corrected chi connectivity index (χ2v) is 2.19. The van der Waals surface area contributed by atoms with Gasteiger partial charge in [0.1, 0.15) is 6.04 Å². The Bertz CT molecular complexity index is 107. The summed E-state index contributed by atoms with van der Waals surface area (Å²) in [6, 6.07) is 0.126. The summed E-state index contributed by atoms with van der Waals surface area (Å²) in [5.74, 6) is -0.733. The molecule has 1 aliphatic rings. The van der Waals surface area contributed by atoms with Gasteiger partial charge in [0.25, 0.3) is 0 Å². The Balaban J connectivity index is 2.25. The Morgan fingerprint density at radius 1 is 1.88 bits per heavy atom. The highest BCUT2D eigenvalue weighted by Crippen LogP contribution is 2.09. The van der Waals surface area contributed by atoms with E-state index >= 15 is 0 Å². The number of carbonyl (C=O) groups is 1. The van der Waals surface area contributed by atoms with E-state index in [9.17, 15) is 4.79 Å². The maximum Gasteiger partial charge on any atom is 0.320 e. The van der Waals surface area contributed by atoms with Crippen molar-refractivity contribution in [2.45, 2.75) is 25.4 Å². The van der Waals surface area contributed by atoms with Gasteiger partial charge in [0, 0.05) is 6.04 Å². The van der Waals surface area contributed by atoms with Crippen LogP contribution in [0.4, 0.5) is 0 Å². The van der Waals surface area contributed by atoms with Crippen LogP contribution in [0.5, 0.6) is 0 Å². The van der Waals surface area contributed by atoms with E-state index < -0.39 is 5.97 Å². The molecule has 1 heterocycles. The van der Waals surface area contributed by atoms with Crippen molar-refractivity contribution in [1.82, 2.24) is 5.32 Å². The molecule has 0 aromatic rings. The van der Waals surface area contributed by atoms with Gasteiger partial charge in [-0.1, -0.05) is 0 Å². The lowest BCUT2D eigenvalue weighted by atomic mass is 9.99. The molecule has 8 heavy (non-hydrogen) atoms. The highest BCUT2D eigenvalue weighted by atomic mass is 16.4. The first-order valence-electron chi connectivity index (χ1n) is 2.69. The number of carboxylic acids is 1. The minimum Gasteiger partial charge on any atom is -0.480 e. The van der Waals surface area contributed by atoms with Crippen molar-refractivity contribution in [3.63, 3.8) is 0 Å². The zero-order valence-electron chi connectivity index (χ0n) is 4.72. The molecule has 2 N–H and O–H groups in total. The molecule has 0 amide bonds. The minimum atomic E-state index is -0.733. The van der Waals surface area contributed by atoms with Crippen molar-refractivity contribution in [1.29, 1.82) is 0 Å². The van der Waals surface area contributed by atoms with Crippen LogP contribution >= 0.6 is 0 Å². The van der Waals surface area contributed by atoms with Crippen LogP contribution in [0.15, 0.2) is 0 Å². The third-order valence-electron chi connectivity index (χ3n) is 1.37. The topological polar surface area (TPSA) is 49.3 Å². The summed E-state index contributed by atoms with van der Waals surface area (Å²) in [6.45, 7) is 1.97. The SMILES string of the molecule is C[C@@H]1C[C@H](C(=O)O)N1. The van der Waals surface area contributed by atoms with Crippen LogP contribution in [0, 0.1) is 0 Å². The van der Waals surface area contributed by atoms with Crippen LogP contribution < -0.4 is 5.32 Å². The van der Waals surface area contributed by atoms with E-state index in [1.54, 1.807) is 0 Å². The highest BCUT2D eigenvalue weighted by molar-refractivity contribution is 5.74. The first-order valence-corrected chi connectivity index (χ1v) is 2.69. The summed E-state index contributed by atoms with van der Waals surface area (Å²) in [7, 11) is 0. The van der Waals surface area contributed by atoms with E-state index in [1.165, 1.54) is 0 Å². The molecule has 0 spiro atoms. The van der Waals surface area contributed by atoms with Gasteiger partial charge in [0.2, 0.25) is 0 Å². The maximum absolute atomic E-state index is 10.1. The Morgan fingerprint density at radius 2 is 2.38 bits per heavy atom. The minimum absolute atomic E-state index is 0.273. The molecular formula is C5H9NO2. The van der Waals surface area contributed by atoms with Gasteiger partial charge in [-0.25, -0.2) is 0 Å². The summed E-state index contributed by atoms with van der Waals surface area (Å²) in [5, 5.41) is 11.1. The summed E-state index contributed by atoms with van der Waals surface area (Å²) in [6.07, 6.45) is 0.773. The molecule has 3 nitrogen and oxygen atoms in total. The van der Waals surface area contributed by atoms with Gasteiger partial charge in [0.05, 0.1) is 0 Å². The predicted octanol–water partition coefficient (Wildman–Crippen LogP) is -0.179. The molecule has 1 saturated heterocycles. The summed E-state index contributed by atoms with van der Waals surface area (Å²) in [5.41, 5.74) is 0. The lowest BCUT2D eigenvalue weighted by Gasteiger charge is -2.30. The number of aliphatic carboxylic acids is 1. The average molecular weight is 115 g/mol. The van der Waals surface area contributed by atoms with Gasteiger partial charge in [-0.3, -0.25) is 4.79 Å². The van der Waals surface area contributed by atoms with E-state index in [4.69, 9.17) is 5.11 Å². The molecule has 0 radical (unpaired) electrons. The van der Waals surface area contributed by atoms with Crippen molar-refractivity contribution >= 4 is 5.97 Å². The molecule has 1 fully saturated rings. The number of hydrogen-bond acceptors (Lipinski definition) is 2. The smallest absolute Gasteiger partial charge is 0.320 e. The van der Waals surface area contributed by atoms with Gasteiger partial charge in [0.15, 0.2) is 0 Å². The largest absolute Gasteiger partial charge is 0.480 e. The fourth-order valence-corrected chi connectivity index (χ4v) is 0.845. The van der Waals surface area contributed by atoms with Crippen LogP contribution in [0.2, 0.25) is 0 Å². The van der Waals surface area contributed by atoms with Gasteiger partial charge in [-0.15, -0.1) is 0 Å². The molecule has 3 heteroatoms. The highest BCUT2D eigenvalue weighted by Gasteiger charge is 2.29. The second kappa shape index (κ2) is 1.74. The van der Waals surface area contributed by atoms with Crippen LogP contribution in [0.1, 0.15) is 13.3 Å². The molecule has 0 aromatic heterocycles. The number of nitrogens with one attached hydrogen (secondary N) is 1. The molecule has 0 aromatic carbocycles. The molecule has 1 aliphatic heterocycles. The third-order valence-corrected chi connectivity index (χ3v) is 1.37. The van der Waals surface area contributed by atoms with E-state index in [-0.39, 0.29) is 6.04 Å². The summed E-state index contributed by atoms with van der Waals surface area (Å²) in [4.78, 5) is 10.1. The monoisotopic (exact) mass is 115 g/mol. The lowest BCUT2D eigenvalue weighted by molar-refractivity contribution is -0.142. The van der Waals surface area contributed by atoms with Crippen molar-refractivity contribution < 1.29 is 9.90 Å². The summed E-state index contributed by atoms with van der Waals surface area (Å²) >= 11 is 0. The lowest BCUT2D eigenvalue weighted by Crippen LogP contribution is -2.54. The van der Waals surface area contributed by atoms with Gasteiger partial charge >= 0.3 is 5.97 Å². The first-order chi connectivity index (χ1) is 3.70. The molecule has 2 atom stereocenters. The fraction of sp³-hybridized carbons (Fsp3) is 0.800. The van der Waals surface area contributed by atoms with Gasteiger partial charge in [-0.05, 0) is 13.3 Å². The molecule has 1 rings (SSSR count). The van der Waals surface area contributed by atoms with E-state index in [2.05, 4.69) is 5.32 Å². The maximum atomic E-state index is 10.1. The second-order valence-electron chi connectivity index (χ2n) is 2.19. The van der Waals surface area contributed by atoms with E-state index in [0.717, 1.165) is 6.42 Å². The zero-order chi connectivity index (χ0) is 6.15. The Kier molecular flexibility index (Phi) is 1.21. The standard InChI is InChI=1S/C5H9NO2/c1-3-2-4(6-3)5(7)8/h3-4,6H,2H2,1H3,(H,7,8)/t3-,4-/m1/s1. The molecule has 0 unspecified atom stereocenters. The van der Waals surface area contributed by atoms with Gasteiger partial charge < -0.3 is 10.4 Å². The van der Waals surface area contributed by atoms with Crippen molar-refractivity contribution in [3.05, 3.63) is 0 Å². The van der Waals surface area contributed by atoms with Crippen molar-refractivity contribution in [2.24, 2.45) is 0 Å². The number of hydrogen-bond donors (Lipinski definition) is 2. The first kappa shape index (κ1) is 5.56. The average Bonchev–Trinajstić information content (AvgIpc) is 1.57. The quantitative estimate of drug-likeness (QED) is 0.498. The van der Waals surface area contributed by atoms with Crippen LogP contribution in [0.3, 0.4) is 0 Å². The number of rotatable bonds is 1. The van der Waals surface area contributed by atoms with Crippen molar-refractivity contribution in [2.75, 3.05) is 0 Å². The summed E-state index contributed by atoms with van der Waals surface area (Å²) < 4.78 is 0. The molecule has 0 saturated carbocycles. The molecule has 0 bridgehead atoms. The Labute approximate surface area is 47.7 Å². The van der Waals surface area contributed by atoms with Gasteiger partial charge in [-0.2, -0.15) is 0 Å². The van der Waals surface area contributed by atoms with Crippen LogP contribution in [-0.4, -0.2) is 23.2 Å². The van der Waals surface area contributed by atoms with Crippen LogP contribution in [0.25, 0.3) is 0 Å². The molecular weight excluding hydrogens is 106 g/mol. The zero-order valence-corrected chi connectivity index (χ0v) is 4.72. The third kappa shape index (κ3) is 0.816. The molecule has 0 aliphatic carbocycles. The normalized spacial score (nSPS) is 36.1. The Morgan fingerprint density at radius 3 is 2.50 bits per heavy atom. The van der Waals surface area contributed by atoms with E-state index in [1.807, 2.05) is 6.92 Å².